The zero-order valence-corrected chi connectivity index (χ0v) is 22.8. The highest BCUT2D eigenvalue weighted by Gasteiger charge is 2.21. The Balaban J connectivity index is 2.45. The summed E-state index contributed by atoms with van der Waals surface area (Å²) in [7, 11) is 0. The van der Waals surface area contributed by atoms with E-state index in [2.05, 4.69) is 33.9 Å². The molecule has 5 amide bonds. The first-order valence-electron chi connectivity index (χ1n) is 13.1. The number of hydrogen-bond acceptors (Lipinski definition) is 6. The van der Waals surface area contributed by atoms with Gasteiger partial charge in [-0.15, -0.1) is 0 Å². The number of carbonyl (C=O) groups is 4. The number of nitrogen functional groups attached to an aromatic ring is 1. The summed E-state index contributed by atoms with van der Waals surface area (Å²) in [6.07, 6.45) is 6.49. The van der Waals surface area contributed by atoms with Crippen molar-refractivity contribution < 1.29 is 19.2 Å². The van der Waals surface area contributed by atoms with Crippen molar-refractivity contribution in [3.63, 3.8) is 0 Å². The van der Waals surface area contributed by atoms with Crippen LogP contribution in [0.2, 0.25) is 0 Å². The van der Waals surface area contributed by atoms with E-state index < -0.39 is 12.1 Å². The smallest absolute Gasteiger partial charge is 0.312 e. The van der Waals surface area contributed by atoms with Gasteiger partial charge in [0, 0.05) is 49.8 Å². The van der Waals surface area contributed by atoms with E-state index in [1.54, 1.807) is 12.1 Å². The lowest BCUT2D eigenvalue weighted by Crippen LogP contribution is -2.48. The largest absolute Gasteiger partial charge is 0.399 e. The molecule has 0 aliphatic carbocycles. The number of thiol groups is 1. The summed E-state index contributed by atoms with van der Waals surface area (Å²) < 4.78 is 0. The number of nitrogens with one attached hydrogen (secondary N) is 4. The van der Waals surface area contributed by atoms with Crippen molar-refractivity contribution in [1.29, 1.82) is 0 Å². The fourth-order valence-electron chi connectivity index (χ4n) is 3.76. The van der Waals surface area contributed by atoms with Crippen molar-refractivity contribution in [3.8, 4) is 0 Å². The van der Waals surface area contributed by atoms with E-state index in [0.29, 0.717) is 63.8 Å². The van der Waals surface area contributed by atoms with Crippen LogP contribution < -0.4 is 32.7 Å². The highest BCUT2D eigenvalue weighted by atomic mass is 32.1. The number of hydrogen-bond donors (Lipinski definition) is 7. The lowest BCUT2D eigenvalue weighted by atomic mass is 10.0. The topological polar surface area (TPSA) is 168 Å². The number of amides is 5. The Morgan fingerprint density at radius 2 is 1.46 bits per heavy atom. The Labute approximate surface area is 225 Å². The number of benzene rings is 1. The van der Waals surface area contributed by atoms with Crippen LogP contribution in [-0.2, 0) is 20.8 Å². The summed E-state index contributed by atoms with van der Waals surface area (Å²) in [6.45, 7) is 3.44. The lowest BCUT2D eigenvalue weighted by molar-refractivity contribution is -0.129. The van der Waals surface area contributed by atoms with Crippen molar-refractivity contribution in [1.82, 2.24) is 21.3 Å². The number of anilines is 1. The molecule has 8 N–H and O–H groups in total. The van der Waals surface area contributed by atoms with Crippen LogP contribution in [0.15, 0.2) is 24.3 Å². The molecule has 1 rings (SSSR count). The van der Waals surface area contributed by atoms with Gasteiger partial charge in [0.05, 0.1) is 0 Å². The van der Waals surface area contributed by atoms with Gasteiger partial charge in [0.15, 0.2) is 0 Å². The van der Waals surface area contributed by atoms with E-state index in [1.165, 1.54) is 0 Å². The second-order valence-electron chi connectivity index (χ2n) is 9.10. The molecule has 2 unspecified atom stereocenters. The standard InChI is InChI=1S/C26H44N6O4S/c1-2-29-23(33)10-5-6-16-30-25(35)22(18-19-12-14-20(27)15-13-19)32-24(34)11-4-3-8-21(37)9-7-17-31-26(28)36/h12-15,21-22,37H,2-11,16-18,27H2,1H3,(H,29,33)(H,30,35)(H,32,34)(H3,28,31,36). The van der Waals surface area contributed by atoms with E-state index >= 15 is 0 Å². The molecule has 0 spiro atoms. The lowest BCUT2D eigenvalue weighted by Gasteiger charge is -2.19. The van der Waals surface area contributed by atoms with Crippen molar-refractivity contribution in [2.75, 3.05) is 25.4 Å². The van der Waals surface area contributed by atoms with Crippen LogP contribution >= 0.6 is 12.6 Å². The molecule has 0 radical (unpaired) electrons. The summed E-state index contributed by atoms with van der Waals surface area (Å²) in [5.41, 5.74) is 12.3. The summed E-state index contributed by atoms with van der Waals surface area (Å²) in [5.74, 6) is -0.414. The second-order valence-corrected chi connectivity index (χ2v) is 9.83. The van der Waals surface area contributed by atoms with Gasteiger partial charge < -0.3 is 32.7 Å². The van der Waals surface area contributed by atoms with Gasteiger partial charge in [-0.2, -0.15) is 12.6 Å². The quantitative estimate of drug-likeness (QED) is 0.0814. The van der Waals surface area contributed by atoms with Gasteiger partial charge in [0.25, 0.3) is 0 Å². The number of rotatable bonds is 19. The molecule has 11 heteroatoms. The van der Waals surface area contributed by atoms with Gasteiger partial charge in [0.2, 0.25) is 17.7 Å². The first-order chi connectivity index (χ1) is 17.7. The van der Waals surface area contributed by atoms with Crippen molar-refractivity contribution in [3.05, 3.63) is 29.8 Å². The zero-order chi connectivity index (χ0) is 27.5. The van der Waals surface area contributed by atoms with E-state index in [9.17, 15) is 19.2 Å². The molecule has 1 aromatic carbocycles. The number of nitrogens with two attached hydrogens (primary N) is 2. The Hall–Kier alpha value is -2.95. The Bertz CT molecular complexity index is 837. The third-order valence-electron chi connectivity index (χ3n) is 5.78. The molecule has 0 fully saturated rings. The van der Waals surface area contributed by atoms with Crippen molar-refractivity contribution >= 4 is 42.1 Å². The number of unbranched alkanes of at least 4 members (excludes halogenated alkanes) is 2. The minimum Gasteiger partial charge on any atom is -0.399 e. The third kappa shape index (κ3) is 16.4. The maximum absolute atomic E-state index is 12.9. The SMILES string of the molecule is CCNC(=O)CCCCNC(=O)C(Cc1ccc(N)cc1)NC(=O)CCCCC(S)CCCNC(N)=O. The predicted octanol–water partition coefficient (Wildman–Crippen LogP) is 2.03. The zero-order valence-electron chi connectivity index (χ0n) is 21.9. The molecule has 37 heavy (non-hydrogen) atoms. The molecular formula is C26H44N6O4S. The van der Waals surface area contributed by atoms with E-state index in [4.69, 9.17) is 11.5 Å². The van der Waals surface area contributed by atoms with Gasteiger partial charge in [-0.05, 0) is 63.1 Å². The van der Waals surface area contributed by atoms with E-state index in [1.807, 2.05) is 19.1 Å². The molecule has 1 aromatic rings. The molecule has 0 aromatic heterocycles. The van der Waals surface area contributed by atoms with E-state index in [0.717, 1.165) is 31.2 Å². The van der Waals surface area contributed by atoms with Crippen LogP contribution in [-0.4, -0.2) is 54.7 Å². The van der Waals surface area contributed by atoms with Crippen LogP contribution in [0.1, 0.15) is 70.3 Å². The first-order valence-corrected chi connectivity index (χ1v) is 13.6. The molecule has 0 saturated heterocycles. The summed E-state index contributed by atoms with van der Waals surface area (Å²) >= 11 is 4.57. The van der Waals surface area contributed by atoms with Crippen molar-refractivity contribution in [2.45, 2.75) is 82.4 Å². The van der Waals surface area contributed by atoms with Crippen LogP contribution in [0.25, 0.3) is 0 Å². The van der Waals surface area contributed by atoms with Gasteiger partial charge in [-0.25, -0.2) is 4.79 Å². The molecule has 0 heterocycles. The number of primary amides is 1. The molecule has 0 aliphatic heterocycles. The second kappa shape index (κ2) is 19.2. The van der Waals surface area contributed by atoms with Crippen LogP contribution in [0.5, 0.6) is 0 Å². The number of carbonyl (C=O) groups excluding carboxylic acids is 4. The summed E-state index contributed by atoms with van der Waals surface area (Å²) in [6, 6.07) is 6.01. The third-order valence-corrected chi connectivity index (χ3v) is 6.30. The van der Waals surface area contributed by atoms with Gasteiger partial charge >= 0.3 is 6.03 Å². The van der Waals surface area contributed by atoms with Gasteiger partial charge in [0.1, 0.15) is 6.04 Å². The molecule has 0 bridgehead atoms. The average molecular weight is 537 g/mol. The maximum atomic E-state index is 12.9. The first kappa shape index (κ1) is 32.1. The van der Waals surface area contributed by atoms with Gasteiger partial charge in [-0.1, -0.05) is 18.6 Å². The minimum absolute atomic E-state index is 0.00615. The molecular weight excluding hydrogens is 492 g/mol. The molecule has 0 saturated carbocycles. The summed E-state index contributed by atoms with van der Waals surface area (Å²) in [4.78, 5) is 47.7. The van der Waals surface area contributed by atoms with Gasteiger partial charge in [-0.3, -0.25) is 14.4 Å². The molecule has 208 valence electrons. The van der Waals surface area contributed by atoms with Crippen LogP contribution in [0.4, 0.5) is 10.5 Å². The molecule has 2 atom stereocenters. The normalized spacial score (nSPS) is 12.3. The fourth-order valence-corrected chi connectivity index (χ4v) is 4.12. The maximum Gasteiger partial charge on any atom is 0.312 e. The minimum atomic E-state index is -0.699. The molecule has 10 nitrogen and oxygen atoms in total. The Morgan fingerprint density at radius 3 is 2.14 bits per heavy atom. The highest BCUT2D eigenvalue weighted by molar-refractivity contribution is 7.80. The molecule has 0 aliphatic rings. The fraction of sp³-hybridized carbons (Fsp3) is 0.615. The highest BCUT2D eigenvalue weighted by Crippen LogP contribution is 2.14. The van der Waals surface area contributed by atoms with Crippen molar-refractivity contribution in [2.24, 2.45) is 5.73 Å². The summed E-state index contributed by atoms with van der Waals surface area (Å²) in [5, 5.41) is 11.3. The number of urea groups is 1. The Morgan fingerprint density at radius 1 is 0.838 bits per heavy atom. The van der Waals surface area contributed by atoms with Crippen LogP contribution in [0, 0.1) is 0 Å². The van der Waals surface area contributed by atoms with E-state index in [-0.39, 0.29) is 23.0 Å². The predicted molar refractivity (Wildman–Crippen MR) is 150 cm³/mol. The monoisotopic (exact) mass is 536 g/mol. The van der Waals surface area contributed by atoms with Crippen LogP contribution in [0.3, 0.4) is 0 Å². The average Bonchev–Trinajstić information content (AvgIpc) is 2.85. The Kier molecular flexibility index (Phi) is 16.6.